The lowest BCUT2D eigenvalue weighted by Crippen LogP contribution is -2.47. The van der Waals surface area contributed by atoms with Crippen LogP contribution in [0.15, 0.2) is 103 Å². The molecule has 3 aromatic carbocycles. The molecule has 0 fully saturated rings. The highest BCUT2D eigenvalue weighted by molar-refractivity contribution is 5.49. The smallest absolute Gasteiger partial charge is 0.0948 e. The zero-order valence-corrected chi connectivity index (χ0v) is 17.4. The molecule has 150 valence electrons. The van der Waals surface area contributed by atoms with Crippen LogP contribution in [0.25, 0.3) is 0 Å². The molecule has 0 aromatic heterocycles. The average Bonchev–Trinajstić information content (AvgIpc) is 2.80. The van der Waals surface area contributed by atoms with E-state index in [4.69, 9.17) is 4.74 Å². The molecule has 1 N–H and O–H groups in total. The van der Waals surface area contributed by atoms with Crippen molar-refractivity contribution in [1.29, 1.82) is 0 Å². The Kier molecular flexibility index (Phi) is 7.80. The maximum Gasteiger partial charge on any atom is 0.0948 e. The van der Waals surface area contributed by atoms with Crippen molar-refractivity contribution in [3.8, 4) is 0 Å². The van der Waals surface area contributed by atoms with Gasteiger partial charge in [0.05, 0.1) is 11.6 Å². The standard InChI is InChI=1S/C27H31NO/c1-3-4-8-21-26(29-2)22-28-27(23-15-9-5-10-16-23,24-17-11-6-12-18-24)25-19-13-7-14-20-25/h5-21,26,28H,3-4,22H2,1-2H3/b21-8-. The van der Waals surface area contributed by atoms with E-state index in [-0.39, 0.29) is 6.10 Å². The molecule has 0 spiro atoms. The van der Waals surface area contributed by atoms with Crippen LogP contribution in [0, 0.1) is 0 Å². The van der Waals surface area contributed by atoms with Gasteiger partial charge in [0.25, 0.3) is 0 Å². The van der Waals surface area contributed by atoms with Gasteiger partial charge >= 0.3 is 0 Å². The molecule has 2 nitrogen and oxygen atoms in total. The second-order valence-electron chi connectivity index (χ2n) is 7.22. The van der Waals surface area contributed by atoms with Crippen molar-refractivity contribution in [3.05, 3.63) is 120 Å². The number of hydrogen-bond donors (Lipinski definition) is 1. The van der Waals surface area contributed by atoms with Gasteiger partial charge in [-0.15, -0.1) is 0 Å². The lowest BCUT2D eigenvalue weighted by Gasteiger charge is -2.38. The Balaban J connectivity index is 2.07. The fourth-order valence-electron chi connectivity index (χ4n) is 3.77. The Hall–Kier alpha value is -2.68. The van der Waals surface area contributed by atoms with Crippen LogP contribution in [0.1, 0.15) is 36.5 Å². The molecule has 1 atom stereocenters. The molecular weight excluding hydrogens is 354 g/mol. The molecule has 0 saturated carbocycles. The molecule has 0 aliphatic heterocycles. The van der Waals surface area contributed by atoms with Crippen LogP contribution in [-0.2, 0) is 10.3 Å². The molecule has 29 heavy (non-hydrogen) atoms. The van der Waals surface area contributed by atoms with E-state index in [1.807, 2.05) is 0 Å². The zero-order valence-electron chi connectivity index (χ0n) is 17.4. The lowest BCUT2D eigenvalue weighted by atomic mass is 9.77. The molecule has 0 bridgehead atoms. The summed E-state index contributed by atoms with van der Waals surface area (Å²) in [5, 5.41) is 3.88. The van der Waals surface area contributed by atoms with E-state index >= 15 is 0 Å². The topological polar surface area (TPSA) is 21.3 Å². The van der Waals surface area contributed by atoms with E-state index in [0.29, 0.717) is 6.54 Å². The summed E-state index contributed by atoms with van der Waals surface area (Å²) in [5.41, 5.74) is 3.18. The Morgan fingerprint density at radius 3 is 1.62 bits per heavy atom. The summed E-state index contributed by atoms with van der Waals surface area (Å²) in [6.07, 6.45) is 6.61. The van der Waals surface area contributed by atoms with Crippen LogP contribution in [-0.4, -0.2) is 19.8 Å². The summed E-state index contributed by atoms with van der Waals surface area (Å²) >= 11 is 0. The monoisotopic (exact) mass is 385 g/mol. The SMILES string of the molecule is CCC/C=C\C(CNC(c1ccccc1)(c1ccccc1)c1ccccc1)OC. The van der Waals surface area contributed by atoms with Crippen molar-refractivity contribution in [3.63, 3.8) is 0 Å². The number of benzene rings is 3. The number of allylic oxidation sites excluding steroid dienone is 1. The molecule has 3 rings (SSSR count). The molecule has 0 amide bonds. The largest absolute Gasteiger partial charge is 0.376 e. The minimum atomic E-state index is -0.459. The van der Waals surface area contributed by atoms with Crippen molar-refractivity contribution in [1.82, 2.24) is 5.32 Å². The maximum absolute atomic E-state index is 5.75. The van der Waals surface area contributed by atoms with Crippen molar-refractivity contribution < 1.29 is 4.74 Å². The van der Waals surface area contributed by atoms with Gasteiger partial charge in [-0.1, -0.05) is 116 Å². The molecular formula is C27H31NO. The Bertz CT molecular complexity index is 762. The summed E-state index contributed by atoms with van der Waals surface area (Å²) in [6.45, 7) is 2.89. The predicted molar refractivity (Wildman–Crippen MR) is 122 cm³/mol. The number of methoxy groups -OCH3 is 1. The Labute approximate surface area is 175 Å². The number of hydrogen-bond acceptors (Lipinski definition) is 2. The van der Waals surface area contributed by atoms with E-state index in [1.54, 1.807) is 7.11 Å². The summed E-state index contributed by atoms with van der Waals surface area (Å²) in [4.78, 5) is 0. The van der Waals surface area contributed by atoms with E-state index in [9.17, 15) is 0 Å². The minimum absolute atomic E-state index is 0.0112. The molecule has 3 aromatic rings. The predicted octanol–water partition coefficient (Wildman–Crippen LogP) is 5.94. The van der Waals surface area contributed by atoms with Gasteiger partial charge < -0.3 is 4.74 Å². The van der Waals surface area contributed by atoms with Crippen LogP contribution in [0.3, 0.4) is 0 Å². The third-order valence-corrected chi connectivity index (χ3v) is 5.30. The number of unbranched alkanes of at least 4 members (excludes halogenated alkanes) is 1. The molecule has 0 aliphatic carbocycles. The molecule has 0 radical (unpaired) electrons. The van der Waals surface area contributed by atoms with Crippen LogP contribution >= 0.6 is 0 Å². The van der Waals surface area contributed by atoms with Crippen molar-refractivity contribution in [2.24, 2.45) is 0 Å². The van der Waals surface area contributed by atoms with Gasteiger partial charge in [-0.3, -0.25) is 5.32 Å². The average molecular weight is 386 g/mol. The zero-order chi connectivity index (χ0) is 20.4. The Morgan fingerprint density at radius 2 is 1.24 bits per heavy atom. The van der Waals surface area contributed by atoms with E-state index < -0.39 is 5.54 Å². The molecule has 0 aliphatic rings. The number of rotatable bonds is 10. The van der Waals surface area contributed by atoms with E-state index in [0.717, 1.165) is 12.8 Å². The van der Waals surface area contributed by atoms with Crippen LogP contribution in [0.5, 0.6) is 0 Å². The van der Waals surface area contributed by atoms with Crippen molar-refractivity contribution in [2.75, 3.05) is 13.7 Å². The van der Waals surface area contributed by atoms with Gasteiger partial charge in [-0.25, -0.2) is 0 Å². The van der Waals surface area contributed by atoms with Gasteiger partial charge in [-0.05, 0) is 23.1 Å². The van der Waals surface area contributed by atoms with Gasteiger partial charge in [0.15, 0.2) is 0 Å². The van der Waals surface area contributed by atoms with Crippen molar-refractivity contribution >= 4 is 0 Å². The molecule has 1 unspecified atom stereocenters. The summed E-state index contributed by atoms with van der Waals surface area (Å²) < 4.78 is 5.75. The van der Waals surface area contributed by atoms with Crippen LogP contribution < -0.4 is 5.32 Å². The first-order valence-corrected chi connectivity index (χ1v) is 10.4. The van der Waals surface area contributed by atoms with Crippen LogP contribution in [0.4, 0.5) is 0 Å². The van der Waals surface area contributed by atoms with Crippen LogP contribution in [0.2, 0.25) is 0 Å². The molecule has 0 saturated heterocycles. The Morgan fingerprint density at radius 1 is 0.793 bits per heavy atom. The van der Waals surface area contributed by atoms with E-state index in [2.05, 4.69) is 115 Å². The van der Waals surface area contributed by atoms with Gasteiger partial charge in [0.2, 0.25) is 0 Å². The first kappa shape index (κ1) is 21.0. The highest BCUT2D eigenvalue weighted by Gasteiger charge is 2.36. The van der Waals surface area contributed by atoms with Gasteiger partial charge in [0, 0.05) is 13.7 Å². The molecule has 2 heteroatoms. The quantitative estimate of drug-likeness (QED) is 0.344. The third kappa shape index (κ3) is 5.03. The molecule has 0 heterocycles. The fraction of sp³-hybridized carbons (Fsp3) is 0.259. The highest BCUT2D eigenvalue weighted by atomic mass is 16.5. The fourth-order valence-corrected chi connectivity index (χ4v) is 3.77. The number of nitrogens with one attached hydrogen (secondary N) is 1. The van der Waals surface area contributed by atoms with E-state index in [1.165, 1.54) is 16.7 Å². The van der Waals surface area contributed by atoms with Crippen molar-refractivity contribution in [2.45, 2.75) is 31.4 Å². The second kappa shape index (κ2) is 10.8. The maximum atomic E-state index is 5.75. The summed E-state index contributed by atoms with van der Waals surface area (Å²) in [5.74, 6) is 0. The highest BCUT2D eigenvalue weighted by Crippen LogP contribution is 2.36. The second-order valence-corrected chi connectivity index (χ2v) is 7.22. The summed E-state index contributed by atoms with van der Waals surface area (Å²) in [6, 6.07) is 32.0. The van der Waals surface area contributed by atoms with Gasteiger partial charge in [-0.2, -0.15) is 0 Å². The normalized spacial score (nSPS) is 12.9. The first-order valence-electron chi connectivity index (χ1n) is 10.4. The first-order chi connectivity index (χ1) is 14.3. The third-order valence-electron chi connectivity index (χ3n) is 5.30. The minimum Gasteiger partial charge on any atom is -0.376 e. The number of ether oxygens (including phenoxy) is 1. The summed E-state index contributed by atoms with van der Waals surface area (Å²) in [7, 11) is 1.78. The lowest BCUT2D eigenvalue weighted by molar-refractivity contribution is 0.133. The van der Waals surface area contributed by atoms with Gasteiger partial charge in [0.1, 0.15) is 0 Å².